The van der Waals surface area contributed by atoms with Crippen LogP contribution < -0.4 is 4.90 Å². The van der Waals surface area contributed by atoms with E-state index in [1.165, 1.54) is 29.4 Å². The molecule has 0 aliphatic carbocycles. The lowest BCUT2D eigenvalue weighted by Gasteiger charge is -2.24. The van der Waals surface area contributed by atoms with Crippen LogP contribution in [0.25, 0.3) is 11.3 Å². The Morgan fingerprint density at radius 2 is 1.38 bits per heavy atom. The van der Waals surface area contributed by atoms with Gasteiger partial charge in [0, 0.05) is 30.0 Å². The number of aromatic nitrogens is 5. The van der Waals surface area contributed by atoms with Gasteiger partial charge in [0.1, 0.15) is 0 Å². The fourth-order valence-corrected chi connectivity index (χ4v) is 6.14. The van der Waals surface area contributed by atoms with Crippen LogP contribution in [0.1, 0.15) is 50.2 Å². The van der Waals surface area contributed by atoms with Gasteiger partial charge in [-0.05, 0) is 65.1 Å². The molecule has 0 unspecified atom stereocenters. The average molecular weight is 699 g/mol. The smallest absolute Gasteiger partial charge is 0.330 e. The molecule has 48 heavy (non-hydrogen) atoms. The molecule has 2 heterocycles. The van der Waals surface area contributed by atoms with E-state index >= 15 is 0 Å². The summed E-state index contributed by atoms with van der Waals surface area (Å²) in [6.45, 7) is 0.834. The van der Waals surface area contributed by atoms with E-state index in [1.54, 1.807) is 0 Å². The Labute approximate surface area is 272 Å². The van der Waals surface area contributed by atoms with Gasteiger partial charge < -0.3 is 4.90 Å². The third-order valence-electron chi connectivity index (χ3n) is 7.38. The van der Waals surface area contributed by atoms with Crippen molar-refractivity contribution < 1.29 is 39.5 Å². The Kier molecular flexibility index (Phi) is 9.85. The fourth-order valence-electron chi connectivity index (χ4n) is 5.12. The second-order valence-electron chi connectivity index (χ2n) is 10.9. The molecule has 0 saturated heterocycles. The maximum absolute atomic E-state index is 14.0. The first-order valence-corrected chi connectivity index (χ1v) is 15.3. The molecule has 5 rings (SSSR count). The zero-order chi connectivity index (χ0) is 34.9. The van der Waals surface area contributed by atoms with Crippen molar-refractivity contribution in [2.45, 2.75) is 57.8 Å². The summed E-state index contributed by atoms with van der Waals surface area (Å²) in [5.41, 5.74) is -2.55. The van der Waals surface area contributed by atoms with Crippen LogP contribution in [0.4, 0.5) is 45.5 Å². The van der Waals surface area contributed by atoms with E-state index < -0.39 is 53.9 Å². The summed E-state index contributed by atoms with van der Waals surface area (Å²) in [6.07, 6.45) is -13.2. The fraction of sp³-hybridized carbons (Fsp3) is 0.312. The maximum atomic E-state index is 14.0. The van der Waals surface area contributed by atoms with Crippen LogP contribution in [0.2, 0.25) is 0 Å². The highest BCUT2D eigenvalue weighted by Crippen LogP contribution is 2.39. The molecule has 2 aromatic heterocycles. The summed E-state index contributed by atoms with van der Waals surface area (Å²) < 4.78 is 124. The first kappa shape index (κ1) is 34.9. The van der Waals surface area contributed by atoms with Gasteiger partial charge in [0.05, 0.1) is 34.4 Å². The molecule has 0 fully saturated rings. The van der Waals surface area contributed by atoms with Gasteiger partial charge in [-0.25, -0.2) is 4.98 Å². The number of nitrogens with zero attached hydrogens (tertiary/aromatic N) is 6. The van der Waals surface area contributed by atoms with Crippen LogP contribution >= 0.6 is 11.3 Å². The van der Waals surface area contributed by atoms with E-state index in [4.69, 9.17) is 4.98 Å². The largest absolute Gasteiger partial charge is 0.416 e. The minimum atomic E-state index is -5.10. The number of rotatable bonds is 10. The highest BCUT2D eigenvalue weighted by molar-refractivity contribution is 7.12. The summed E-state index contributed by atoms with van der Waals surface area (Å²) in [7, 11) is 1.39. The molecule has 0 radical (unpaired) electrons. The number of tetrazole rings is 1. The number of alkyl halides is 9. The zero-order valence-electron chi connectivity index (χ0n) is 25.4. The number of thiazole rings is 1. The molecule has 0 aliphatic rings. The minimum absolute atomic E-state index is 0.00319. The maximum Gasteiger partial charge on any atom is 0.416 e. The molecule has 5 aromatic rings. The van der Waals surface area contributed by atoms with Crippen molar-refractivity contribution in [3.8, 4) is 11.3 Å². The van der Waals surface area contributed by atoms with E-state index in [2.05, 4.69) is 15.4 Å². The van der Waals surface area contributed by atoms with E-state index in [0.717, 1.165) is 32.4 Å². The summed E-state index contributed by atoms with van der Waals surface area (Å²) in [5.74, 6) is -0.218. The third kappa shape index (κ3) is 8.32. The summed E-state index contributed by atoms with van der Waals surface area (Å²) in [4.78, 5) is 7.77. The molecular weight excluding hydrogens is 671 g/mol. The summed E-state index contributed by atoms with van der Waals surface area (Å²) in [5, 5.41) is 12.4. The lowest BCUT2D eigenvalue weighted by molar-refractivity contribution is -0.143. The predicted molar refractivity (Wildman–Crippen MR) is 161 cm³/mol. The quantitative estimate of drug-likeness (QED) is 0.136. The number of hydrogen-bond acceptors (Lipinski definition) is 6. The van der Waals surface area contributed by atoms with Crippen molar-refractivity contribution in [2.75, 3.05) is 4.90 Å². The average Bonchev–Trinajstić information content (AvgIpc) is 3.64. The third-order valence-corrected chi connectivity index (χ3v) is 8.64. The number of anilines is 1. The molecule has 0 aliphatic heterocycles. The molecule has 6 nitrogen and oxygen atoms in total. The molecule has 0 N–H and O–H groups in total. The Morgan fingerprint density at radius 1 is 0.729 bits per heavy atom. The Hall–Kier alpha value is -4.47. The van der Waals surface area contributed by atoms with Gasteiger partial charge in [-0.15, -0.1) is 16.4 Å². The van der Waals surface area contributed by atoms with Gasteiger partial charge in [0.25, 0.3) is 5.95 Å². The number of halogens is 9. The van der Waals surface area contributed by atoms with Crippen molar-refractivity contribution in [3.63, 3.8) is 0 Å². The summed E-state index contributed by atoms with van der Waals surface area (Å²) >= 11 is 1.42. The first-order chi connectivity index (χ1) is 22.5. The molecule has 0 saturated carbocycles. The Morgan fingerprint density at radius 3 is 1.94 bits per heavy atom. The van der Waals surface area contributed by atoms with Crippen molar-refractivity contribution in [2.24, 2.45) is 7.05 Å². The topological polar surface area (TPSA) is 59.7 Å². The minimum Gasteiger partial charge on any atom is -0.330 e. The van der Waals surface area contributed by atoms with Crippen LogP contribution in [0, 0.1) is 0 Å². The molecule has 16 heteroatoms. The van der Waals surface area contributed by atoms with Gasteiger partial charge in [-0.1, -0.05) is 48.4 Å². The normalized spacial score (nSPS) is 12.5. The monoisotopic (exact) mass is 698 g/mol. The highest BCUT2D eigenvalue weighted by atomic mass is 32.1. The lowest BCUT2D eigenvalue weighted by Crippen LogP contribution is -2.25. The van der Waals surface area contributed by atoms with Crippen LogP contribution in [-0.4, -0.2) is 25.2 Å². The van der Waals surface area contributed by atoms with E-state index in [9.17, 15) is 39.5 Å². The lowest BCUT2D eigenvalue weighted by atomic mass is 9.98. The van der Waals surface area contributed by atoms with E-state index in [1.807, 2.05) is 37.3 Å². The van der Waals surface area contributed by atoms with Crippen molar-refractivity contribution in [1.82, 2.24) is 25.2 Å². The van der Waals surface area contributed by atoms with Gasteiger partial charge >= 0.3 is 18.5 Å². The predicted octanol–water partition coefficient (Wildman–Crippen LogP) is 8.94. The number of aryl methyl sites for hydroxylation is 4. The van der Waals surface area contributed by atoms with Crippen LogP contribution in [0.15, 0.2) is 66.7 Å². The molecule has 0 spiro atoms. The number of benzene rings is 3. The standard InChI is InChI=1S/C32H27F9N6S/c1-3-26-28(42-27(48-26)12-9-19-7-5-4-6-8-19)25-11-10-22(30(33,34)35)15-21(25)18-47(29-43-45-46(2)44-29)17-20-13-23(31(36,37)38)16-24(14-20)32(39,40)41/h4-8,10-11,13-16H,3,9,12,17-18H2,1-2H3. The number of hydrogen-bond donors (Lipinski definition) is 0. The van der Waals surface area contributed by atoms with Crippen molar-refractivity contribution in [3.05, 3.63) is 110 Å². The molecule has 0 bridgehead atoms. The molecule has 0 amide bonds. The molecule has 0 atom stereocenters. The van der Waals surface area contributed by atoms with Crippen LogP contribution in [0.5, 0.6) is 0 Å². The van der Waals surface area contributed by atoms with Crippen LogP contribution in [0.3, 0.4) is 0 Å². The zero-order valence-corrected chi connectivity index (χ0v) is 26.2. The van der Waals surface area contributed by atoms with Gasteiger partial charge in [-0.3, -0.25) is 0 Å². The second kappa shape index (κ2) is 13.6. The Bertz CT molecular complexity index is 1830. The van der Waals surface area contributed by atoms with E-state index in [-0.39, 0.29) is 17.6 Å². The van der Waals surface area contributed by atoms with Crippen molar-refractivity contribution >= 4 is 17.3 Å². The van der Waals surface area contributed by atoms with Crippen molar-refractivity contribution in [1.29, 1.82) is 0 Å². The second-order valence-corrected chi connectivity index (χ2v) is 12.1. The SMILES string of the molecule is CCc1sc(CCc2ccccc2)nc1-c1ccc(C(F)(F)F)cc1CN(Cc1cc(C(F)(F)F)cc(C(F)(F)F)c1)c1nnn(C)n1. The van der Waals surface area contributed by atoms with Crippen LogP contribution in [-0.2, 0) is 57.9 Å². The first-order valence-electron chi connectivity index (χ1n) is 14.5. The molecular formula is C32H27F9N6S. The van der Waals surface area contributed by atoms with Gasteiger partial charge in [0.2, 0.25) is 0 Å². The molecule has 254 valence electrons. The summed E-state index contributed by atoms with van der Waals surface area (Å²) in [6, 6.07) is 13.9. The van der Waals surface area contributed by atoms with E-state index in [0.29, 0.717) is 42.7 Å². The Balaban J connectivity index is 1.58. The molecule has 3 aromatic carbocycles. The van der Waals surface area contributed by atoms with Gasteiger partial charge in [0.15, 0.2) is 0 Å². The van der Waals surface area contributed by atoms with Gasteiger partial charge in [-0.2, -0.15) is 44.3 Å². The highest BCUT2D eigenvalue weighted by Gasteiger charge is 2.37.